The Labute approximate surface area is 108 Å². The maximum atomic E-state index is 12.4. The van der Waals surface area contributed by atoms with Crippen LogP contribution < -0.4 is 0 Å². The van der Waals surface area contributed by atoms with Gasteiger partial charge in [-0.1, -0.05) is 6.42 Å². The number of likely N-dealkylation sites (N-methyl/N-ethyl adjacent to an activating group) is 2. The Bertz CT molecular complexity index is 416. The molecule has 18 heavy (non-hydrogen) atoms. The first kappa shape index (κ1) is 13.0. The van der Waals surface area contributed by atoms with Crippen LogP contribution in [0.15, 0.2) is 6.33 Å². The SMILES string of the molecule is CN(Cc1nncn1C)C(=O)C1CCCCN1C. The maximum Gasteiger partial charge on any atom is 0.240 e. The molecule has 100 valence electrons. The molecule has 0 bridgehead atoms. The van der Waals surface area contributed by atoms with Gasteiger partial charge in [0.1, 0.15) is 6.33 Å². The molecule has 1 unspecified atom stereocenters. The number of carbonyl (C=O) groups is 1. The molecule has 1 aliphatic heterocycles. The van der Waals surface area contributed by atoms with Gasteiger partial charge in [0, 0.05) is 14.1 Å². The Morgan fingerprint density at radius 1 is 1.50 bits per heavy atom. The van der Waals surface area contributed by atoms with Gasteiger partial charge in [-0.25, -0.2) is 0 Å². The van der Waals surface area contributed by atoms with E-state index >= 15 is 0 Å². The summed E-state index contributed by atoms with van der Waals surface area (Å²) in [6.07, 6.45) is 4.94. The lowest BCUT2D eigenvalue weighted by molar-refractivity contribution is -0.137. The summed E-state index contributed by atoms with van der Waals surface area (Å²) in [7, 11) is 5.75. The minimum Gasteiger partial charge on any atom is -0.337 e. The molecule has 0 radical (unpaired) electrons. The second kappa shape index (κ2) is 5.48. The van der Waals surface area contributed by atoms with Crippen LogP contribution in [0.2, 0.25) is 0 Å². The minimum atomic E-state index is 0.0250. The molecule has 1 amide bonds. The van der Waals surface area contributed by atoms with Gasteiger partial charge in [0.15, 0.2) is 5.82 Å². The van der Waals surface area contributed by atoms with Crippen LogP contribution in [-0.2, 0) is 18.4 Å². The number of carbonyl (C=O) groups excluding carboxylic acids is 1. The van der Waals surface area contributed by atoms with E-state index in [0.717, 1.165) is 25.2 Å². The third-order valence-electron chi connectivity index (χ3n) is 3.62. The van der Waals surface area contributed by atoms with Crippen molar-refractivity contribution < 1.29 is 4.79 Å². The van der Waals surface area contributed by atoms with E-state index in [4.69, 9.17) is 0 Å². The summed E-state index contributed by atoms with van der Waals surface area (Å²) < 4.78 is 1.84. The summed E-state index contributed by atoms with van der Waals surface area (Å²) in [5, 5.41) is 7.83. The number of hydrogen-bond acceptors (Lipinski definition) is 4. The van der Waals surface area contributed by atoms with Crippen LogP contribution >= 0.6 is 0 Å². The number of amides is 1. The highest BCUT2D eigenvalue weighted by molar-refractivity contribution is 5.81. The van der Waals surface area contributed by atoms with E-state index in [9.17, 15) is 4.79 Å². The van der Waals surface area contributed by atoms with Crippen molar-refractivity contribution in [1.82, 2.24) is 24.6 Å². The van der Waals surface area contributed by atoms with Crippen molar-refractivity contribution in [3.8, 4) is 0 Å². The van der Waals surface area contributed by atoms with Crippen molar-refractivity contribution in [1.29, 1.82) is 0 Å². The molecule has 0 N–H and O–H groups in total. The van der Waals surface area contributed by atoms with Crippen LogP contribution in [-0.4, -0.2) is 57.2 Å². The molecule has 1 saturated heterocycles. The summed E-state index contributed by atoms with van der Waals surface area (Å²) in [4.78, 5) is 16.3. The van der Waals surface area contributed by atoms with E-state index in [1.807, 2.05) is 25.7 Å². The summed E-state index contributed by atoms with van der Waals surface area (Å²) in [6, 6.07) is 0.0250. The monoisotopic (exact) mass is 251 g/mol. The number of likely N-dealkylation sites (tertiary alicyclic amines) is 1. The van der Waals surface area contributed by atoms with Gasteiger partial charge in [-0.2, -0.15) is 0 Å². The smallest absolute Gasteiger partial charge is 0.240 e. The lowest BCUT2D eigenvalue weighted by Gasteiger charge is -2.33. The molecule has 0 saturated carbocycles. The minimum absolute atomic E-state index is 0.0250. The van der Waals surface area contributed by atoms with E-state index in [-0.39, 0.29) is 11.9 Å². The average Bonchev–Trinajstić information content (AvgIpc) is 2.75. The van der Waals surface area contributed by atoms with E-state index in [2.05, 4.69) is 15.1 Å². The Kier molecular flexibility index (Phi) is 3.96. The molecule has 2 rings (SSSR count). The molecule has 0 spiro atoms. The van der Waals surface area contributed by atoms with E-state index in [0.29, 0.717) is 6.54 Å². The van der Waals surface area contributed by atoms with Gasteiger partial charge in [0.2, 0.25) is 5.91 Å². The molecule has 6 nitrogen and oxygen atoms in total. The van der Waals surface area contributed by atoms with Crippen LogP contribution in [0.1, 0.15) is 25.1 Å². The molecular formula is C12H21N5O. The van der Waals surface area contributed by atoms with Crippen molar-refractivity contribution in [2.24, 2.45) is 7.05 Å². The van der Waals surface area contributed by atoms with Gasteiger partial charge in [-0.3, -0.25) is 9.69 Å². The molecule has 1 fully saturated rings. The summed E-state index contributed by atoms with van der Waals surface area (Å²) >= 11 is 0. The third kappa shape index (κ3) is 2.69. The van der Waals surface area contributed by atoms with Gasteiger partial charge in [-0.15, -0.1) is 10.2 Å². The van der Waals surface area contributed by atoms with Crippen molar-refractivity contribution in [2.45, 2.75) is 31.8 Å². The molecule has 1 aromatic heterocycles. The van der Waals surface area contributed by atoms with Gasteiger partial charge in [0.25, 0.3) is 0 Å². The van der Waals surface area contributed by atoms with Crippen LogP contribution in [0.25, 0.3) is 0 Å². The van der Waals surface area contributed by atoms with Gasteiger partial charge in [0.05, 0.1) is 12.6 Å². The Morgan fingerprint density at radius 2 is 2.28 bits per heavy atom. The van der Waals surface area contributed by atoms with Crippen LogP contribution in [0.3, 0.4) is 0 Å². The number of piperidine rings is 1. The second-order valence-electron chi connectivity index (χ2n) is 5.04. The molecule has 0 aliphatic carbocycles. The first-order valence-electron chi connectivity index (χ1n) is 6.37. The Hall–Kier alpha value is -1.43. The number of aromatic nitrogens is 3. The summed E-state index contributed by atoms with van der Waals surface area (Å²) in [5.41, 5.74) is 0. The lowest BCUT2D eigenvalue weighted by atomic mass is 10.0. The van der Waals surface area contributed by atoms with Crippen LogP contribution in [0.4, 0.5) is 0 Å². The zero-order valence-electron chi connectivity index (χ0n) is 11.3. The molecular weight excluding hydrogens is 230 g/mol. The molecule has 6 heteroatoms. The molecule has 2 heterocycles. The van der Waals surface area contributed by atoms with Crippen molar-refractivity contribution in [2.75, 3.05) is 20.6 Å². The maximum absolute atomic E-state index is 12.4. The lowest BCUT2D eigenvalue weighted by Crippen LogP contribution is -2.48. The van der Waals surface area contributed by atoms with E-state index < -0.39 is 0 Å². The highest BCUT2D eigenvalue weighted by Crippen LogP contribution is 2.17. The number of nitrogens with zero attached hydrogens (tertiary/aromatic N) is 5. The van der Waals surface area contributed by atoms with Crippen molar-refractivity contribution in [3.63, 3.8) is 0 Å². The highest BCUT2D eigenvalue weighted by Gasteiger charge is 2.28. The van der Waals surface area contributed by atoms with E-state index in [1.165, 1.54) is 6.42 Å². The van der Waals surface area contributed by atoms with Gasteiger partial charge in [-0.05, 0) is 26.4 Å². The topological polar surface area (TPSA) is 54.3 Å². The number of hydrogen-bond donors (Lipinski definition) is 0. The number of rotatable bonds is 3. The molecule has 1 aliphatic rings. The first-order chi connectivity index (χ1) is 8.59. The van der Waals surface area contributed by atoms with Crippen molar-refractivity contribution in [3.05, 3.63) is 12.2 Å². The van der Waals surface area contributed by atoms with Gasteiger partial charge < -0.3 is 9.47 Å². The van der Waals surface area contributed by atoms with Gasteiger partial charge >= 0.3 is 0 Å². The first-order valence-corrected chi connectivity index (χ1v) is 6.37. The second-order valence-corrected chi connectivity index (χ2v) is 5.04. The van der Waals surface area contributed by atoms with Crippen LogP contribution in [0.5, 0.6) is 0 Å². The van der Waals surface area contributed by atoms with Crippen LogP contribution in [0, 0.1) is 0 Å². The fraction of sp³-hybridized carbons (Fsp3) is 0.750. The zero-order valence-corrected chi connectivity index (χ0v) is 11.3. The summed E-state index contributed by atoms with van der Waals surface area (Å²) in [6.45, 7) is 1.52. The highest BCUT2D eigenvalue weighted by atomic mass is 16.2. The van der Waals surface area contributed by atoms with Crippen molar-refractivity contribution >= 4 is 5.91 Å². The fourth-order valence-corrected chi connectivity index (χ4v) is 2.38. The predicted octanol–water partition coefficient (Wildman–Crippen LogP) is 0.258. The molecule has 1 aromatic rings. The Morgan fingerprint density at radius 3 is 2.89 bits per heavy atom. The average molecular weight is 251 g/mol. The predicted molar refractivity (Wildman–Crippen MR) is 67.7 cm³/mol. The molecule has 0 aromatic carbocycles. The summed E-state index contributed by atoms with van der Waals surface area (Å²) in [5.74, 6) is 0.990. The quantitative estimate of drug-likeness (QED) is 0.773. The van der Waals surface area contributed by atoms with E-state index in [1.54, 1.807) is 11.2 Å². The fourth-order valence-electron chi connectivity index (χ4n) is 2.38. The molecule has 1 atom stereocenters. The normalized spacial score (nSPS) is 20.9. The zero-order chi connectivity index (χ0) is 13.1. The third-order valence-corrected chi connectivity index (χ3v) is 3.62. The standard InChI is InChI=1S/C12H21N5O/c1-15-7-5-4-6-10(15)12(18)16(2)8-11-14-13-9-17(11)3/h9-10H,4-8H2,1-3H3. The Balaban J connectivity index is 1.98. The number of aryl methyl sites for hydroxylation is 1. The largest absolute Gasteiger partial charge is 0.337 e.